The van der Waals surface area contributed by atoms with Crippen LogP contribution >= 0.6 is 0 Å². The third-order valence-electron chi connectivity index (χ3n) is 4.86. The minimum absolute atomic E-state index is 0.248. The van der Waals surface area contributed by atoms with Gasteiger partial charge in [-0.25, -0.2) is 13.6 Å². The van der Waals surface area contributed by atoms with Crippen molar-refractivity contribution >= 4 is 17.4 Å². The zero-order valence-electron chi connectivity index (χ0n) is 17.6. The molecule has 1 aliphatic heterocycles. The first kappa shape index (κ1) is 23.5. The molecule has 2 aromatic rings. The summed E-state index contributed by atoms with van der Waals surface area (Å²) < 4.78 is 78.3. The highest BCUT2D eigenvalue weighted by atomic mass is 19.4. The van der Waals surface area contributed by atoms with Crippen LogP contribution in [0.4, 0.5) is 22.0 Å². The fourth-order valence-corrected chi connectivity index (χ4v) is 3.55. The van der Waals surface area contributed by atoms with Gasteiger partial charge in [-0.1, -0.05) is 13.8 Å². The fourth-order valence-electron chi connectivity index (χ4n) is 3.55. The Morgan fingerprint density at radius 1 is 1.16 bits per heavy atom. The molecule has 0 aliphatic carbocycles. The Bertz CT molecular complexity index is 1100. The number of fused-ring (bicyclic) bond motifs is 1. The molecule has 5 nitrogen and oxygen atoms in total. The van der Waals surface area contributed by atoms with E-state index in [1.54, 1.807) is 13.8 Å². The number of benzene rings is 1. The van der Waals surface area contributed by atoms with E-state index < -0.39 is 52.3 Å². The third-order valence-corrected chi connectivity index (χ3v) is 4.86. The lowest BCUT2D eigenvalue weighted by Crippen LogP contribution is -2.37. The standard InChI is InChI=1S/C22H20F5NO4/c1-11(2)32-20(30)13-8-28(19(29)12-5-6-15(23)16(24)7-12)10-21(3,4)17-14(22(25,26)27)9-31-18(13)17/h5-9,11H,10H2,1-4H3. The van der Waals surface area contributed by atoms with Crippen molar-refractivity contribution in [3.05, 3.63) is 64.7 Å². The first-order chi connectivity index (χ1) is 14.7. The number of esters is 1. The molecule has 0 spiro atoms. The van der Waals surface area contributed by atoms with Gasteiger partial charge < -0.3 is 14.1 Å². The van der Waals surface area contributed by atoms with Crippen molar-refractivity contribution in [2.24, 2.45) is 0 Å². The molecule has 32 heavy (non-hydrogen) atoms. The van der Waals surface area contributed by atoms with Crippen LogP contribution in [0.25, 0.3) is 5.57 Å². The SMILES string of the molecule is CC(C)OC(=O)C1=CN(C(=O)c2ccc(F)c(F)c2)CC(C)(C)c2c(C(F)(F)F)coc21. The van der Waals surface area contributed by atoms with Crippen molar-refractivity contribution in [3.8, 4) is 0 Å². The molecule has 10 heteroatoms. The molecule has 0 saturated carbocycles. The highest BCUT2D eigenvalue weighted by molar-refractivity contribution is 6.17. The highest BCUT2D eigenvalue weighted by Crippen LogP contribution is 2.45. The Morgan fingerprint density at radius 3 is 2.38 bits per heavy atom. The Labute approximate surface area is 180 Å². The van der Waals surface area contributed by atoms with Gasteiger partial charge in [0, 0.05) is 29.3 Å². The molecule has 0 bridgehead atoms. The number of amides is 1. The quantitative estimate of drug-likeness (QED) is 0.464. The summed E-state index contributed by atoms with van der Waals surface area (Å²) in [4.78, 5) is 26.7. The predicted molar refractivity (Wildman–Crippen MR) is 103 cm³/mol. The van der Waals surface area contributed by atoms with E-state index in [1.165, 1.54) is 13.8 Å². The molecule has 0 radical (unpaired) electrons. The van der Waals surface area contributed by atoms with E-state index in [0.29, 0.717) is 12.3 Å². The van der Waals surface area contributed by atoms with E-state index in [4.69, 9.17) is 9.15 Å². The second kappa shape index (κ2) is 8.07. The summed E-state index contributed by atoms with van der Waals surface area (Å²) >= 11 is 0. The Hall–Kier alpha value is -3.17. The molecule has 0 fully saturated rings. The van der Waals surface area contributed by atoms with Gasteiger partial charge in [0.05, 0.1) is 11.7 Å². The topological polar surface area (TPSA) is 59.8 Å². The van der Waals surface area contributed by atoms with Crippen LogP contribution < -0.4 is 0 Å². The van der Waals surface area contributed by atoms with E-state index in [2.05, 4.69) is 0 Å². The Morgan fingerprint density at radius 2 is 1.81 bits per heavy atom. The number of ether oxygens (including phenoxy) is 1. The highest BCUT2D eigenvalue weighted by Gasteiger charge is 2.46. The molecule has 3 rings (SSSR count). The van der Waals surface area contributed by atoms with Crippen LogP contribution in [0.1, 0.15) is 54.9 Å². The zero-order chi connectivity index (χ0) is 24.0. The maximum atomic E-state index is 13.7. The van der Waals surface area contributed by atoms with Crippen LogP contribution in [-0.2, 0) is 21.1 Å². The minimum Gasteiger partial charge on any atom is -0.463 e. The number of carbonyl (C=O) groups is 2. The normalized spacial score (nSPS) is 15.8. The van der Waals surface area contributed by atoms with Gasteiger partial charge in [-0.15, -0.1) is 0 Å². The van der Waals surface area contributed by atoms with Crippen molar-refractivity contribution in [1.29, 1.82) is 0 Å². The monoisotopic (exact) mass is 457 g/mol. The van der Waals surface area contributed by atoms with Crippen molar-refractivity contribution < 1.29 is 40.7 Å². The summed E-state index contributed by atoms with van der Waals surface area (Å²) in [6.45, 7) is 5.69. The summed E-state index contributed by atoms with van der Waals surface area (Å²) in [6, 6.07) is 2.47. The third kappa shape index (κ3) is 4.39. The van der Waals surface area contributed by atoms with Crippen molar-refractivity contribution in [2.45, 2.75) is 45.4 Å². The number of hydrogen-bond acceptors (Lipinski definition) is 4. The van der Waals surface area contributed by atoms with E-state index in [1.807, 2.05) is 0 Å². The van der Waals surface area contributed by atoms with Gasteiger partial charge in [0.25, 0.3) is 5.91 Å². The van der Waals surface area contributed by atoms with Crippen LogP contribution in [0.3, 0.4) is 0 Å². The molecule has 0 unspecified atom stereocenters. The second-order valence-corrected chi connectivity index (χ2v) is 8.29. The Kier molecular flexibility index (Phi) is 5.92. The van der Waals surface area contributed by atoms with E-state index in [9.17, 15) is 31.5 Å². The second-order valence-electron chi connectivity index (χ2n) is 8.29. The van der Waals surface area contributed by atoms with Crippen LogP contribution in [0, 0.1) is 11.6 Å². The number of rotatable bonds is 3. The predicted octanol–water partition coefficient (Wildman–Crippen LogP) is 5.30. The Balaban J connectivity index is 2.18. The first-order valence-electron chi connectivity index (χ1n) is 9.60. The summed E-state index contributed by atoms with van der Waals surface area (Å²) in [5, 5.41) is 0. The lowest BCUT2D eigenvalue weighted by molar-refractivity contribution is -0.140. The molecule has 2 heterocycles. The van der Waals surface area contributed by atoms with Gasteiger partial charge in [0.2, 0.25) is 0 Å². The maximum Gasteiger partial charge on any atom is 0.419 e. The van der Waals surface area contributed by atoms with E-state index in [-0.39, 0.29) is 23.4 Å². The summed E-state index contributed by atoms with van der Waals surface area (Å²) in [6.07, 6.45) is -3.84. The number of furan rings is 1. The van der Waals surface area contributed by atoms with Gasteiger partial charge in [0.1, 0.15) is 17.6 Å². The van der Waals surface area contributed by atoms with Crippen LogP contribution in [-0.4, -0.2) is 29.4 Å². The van der Waals surface area contributed by atoms with Crippen molar-refractivity contribution in [1.82, 2.24) is 4.90 Å². The first-order valence-corrected chi connectivity index (χ1v) is 9.60. The molecular formula is C22H20F5NO4. The number of hydrogen-bond donors (Lipinski definition) is 0. The van der Waals surface area contributed by atoms with Gasteiger partial charge in [-0.3, -0.25) is 4.79 Å². The largest absolute Gasteiger partial charge is 0.463 e. The van der Waals surface area contributed by atoms with Gasteiger partial charge in [0.15, 0.2) is 11.6 Å². The van der Waals surface area contributed by atoms with Crippen molar-refractivity contribution in [2.75, 3.05) is 6.54 Å². The van der Waals surface area contributed by atoms with E-state index >= 15 is 0 Å². The average molecular weight is 457 g/mol. The average Bonchev–Trinajstić information content (AvgIpc) is 3.08. The van der Waals surface area contributed by atoms with E-state index in [0.717, 1.165) is 23.2 Å². The van der Waals surface area contributed by atoms with Gasteiger partial charge >= 0.3 is 12.1 Å². The molecular weight excluding hydrogens is 437 g/mol. The molecule has 0 saturated heterocycles. The molecule has 1 aliphatic rings. The molecule has 1 aromatic heterocycles. The van der Waals surface area contributed by atoms with Gasteiger partial charge in [-0.2, -0.15) is 13.2 Å². The van der Waals surface area contributed by atoms with Crippen molar-refractivity contribution in [3.63, 3.8) is 0 Å². The minimum atomic E-state index is -4.78. The molecule has 1 aromatic carbocycles. The van der Waals surface area contributed by atoms with Gasteiger partial charge in [-0.05, 0) is 32.0 Å². The molecule has 1 amide bonds. The molecule has 0 atom stereocenters. The smallest absolute Gasteiger partial charge is 0.419 e. The maximum absolute atomic E-state index is 13.7. The van der Waals surface area contributed by atoms with Crippen LogP contribution in [0.5, 0.6) is 0 Å². The number of carbonyl (C=O) groups excluding carboxylic acids is 2. The fraction of sp³-hybridized carbons (Fsp3) is 0.364. The molecule has 0 N–H and O–H groups in total. The lowest BCUT2D eigenvalue weighted by Gasteiger charge is -2.30. The molecule has 172 valence electrons. The number of alkyl halides is 3. The van der Waals surface area contributed by atoms with Crippen LogP contribution in [0.2, 0.25) is 0 Å². The zero-order valence-corrected chi connectivity index (χ0v) is 17.6. The number of nitrogens with zero attached hydrogens (tertiary/aromatic N) is 1. The van der Waals surface area contributed by atoms with Crippen LogP contribution in [0.15, 0.2) is 35.1 Å². The summed E-state index contributed by atoms with van der Waals surface area (Å²) in [5.41, 5.74) is -3.37. The lowest BCUT2D eigenvalue weighted by atomic mass is 9.81. The summed E-state index contributed by atoms with van der Waals surface area (Å²) in [7, 11) is 0. The summed E-state index contributed by atoms with van der Waals surface area (Å²) in [5.74, 6) is -4.63. The number of halogens is 5.